The van der Waals surface area contributed by atoms with Crippen molar-refractivity contribution in [3.63, 3.8) is 0 Å². The summed E-state index contributed by atoms with van der Waals surface area (Å²) in [6.07, 6.45) is 1.00. The summed E-state index contributed by atoms with van der Waals surface area (Å²) in [6.45, 7) is 2.50. The largest absolute Gasteiger partial charge is 0.493 e. The van der Waals surface area contributed by atoms with Crippen LogP contribution in [0.25, 0.3) is 0 Å². The van der Waals surface area contributed by atoms with E-state index in [4.69, 9.17) is 20.5 Å². The lowest BCUT2D eigenvalue weighted by Crippen LogP contribution is -2.13. The summed E-state index contributed by atoms with van der Waals surface area (Å²) in [4.78, 5) is 0. The molecule has 0 heterocycles. The van der Waals surface area contributed by atoms with E-state index in [0.717, 1.165) is 12.0 Å². The number of hydrogen-bond donors (Lipinski definition) is 1. The van der Waals surface area contributed by atoms with Crippen LogP contribution in [0.3, 0.4) is 0 Å². The number of nitriles is 1. The average Bonchev–Trinajstić information content (AvgIpc) is 2.37. The summed E-state index contributed by atoms with van der Waals surface area (Å²) in [6, 6.07) is 7.75. The highest BCUT2D eigenvalue weighted by molar-refractivity contribution is 5.43. The molecule has 1 unspecified atom stereocenters. The van der Waals surface area contributed by atoms with E-state index in [1.54, 1.807) is 7.11 Å². The maximum atomic E-state index is 8.86. The number of methoxy groups -OCH3 is 1. The Morgan fingerprint density at radius 2 is 2.18 bits per heavy atom. The summed E-state index contributed by atoms with van der Waals surface area (Å²) in [5.74, 6) is 1.24. The molecular formula is C13H18N2O2. The molecule has 0 saturated carbocycles. The van der Waals surface area contributed by atoms with Gasteiger partial charge in [-0.05, 0) is 37.1 Å². The fraction of sp³-hybridized carbons (Fsp3) is 0.462. The Balaban J connectivity index is 2.89. The van der Waals surface area contributed by atoms with Crippen LogP contribution in [-0.4, -0.2) is 19.8 Å². The van der Waals surface area contributed by atoms with Gasteiger partial charge in [-0.1, -0.05) is 13.0 Å². The van der Waals surface area contributed by atoms with Crippen molar-refractivity contribution in [2.45, 2.75) is 25.9 Å². The quantitative estimate of drug-likeness (QED) is 0.816. The lowest BCUT2D eigenvalue weighted by Gasteiger charge is -2.14. The molecule has 1 aromatic rings. The molecule has 0 amide bonds. The average molecular weight is 234 g/mol. The molecule has 0 saturated heterocycles. The molecule has 2 N–H and O–H groups in total. The topological polar surface area (TPSA) is 68.3 Å². The lowest BCUT2D eigenvalue weighted by molar-refractivity contribution is 0.239. The second kappa shape index (κ2) is 6.77. The van der Waals surface area contributed by atoms with Crippen LogP contribution in [0.5, 0.6) is 11.5 Å². The van der Waals surface area contributed by atoms with Gasteiger partial charge >= 0.3 is 0 Å². The molecule has 0 spiro atoms. The first-order valence-electron chi connectivity index (χ1n) is 5.68. The lowest BCUT2D eigenvalue weighted by atomic mass is 10.1. The summed E-state index contributed by atoms with van der Waals surface area (Å²) < 4.78 is 10.8. The van der Waals surface area contributed by atoms with Gasteiger partial charge in [0.25, 0.3) is 0 Å². The first-order valence-corrected chi connectivity index (χ1v) is 5.68. The van der Waals surface area contributed by atoms with E-state index in [1.165, 1.54) is 0 Å². The van der Waals surface area contributed by atoms with Gasteiger partial charge < -0.3 is 15.2 Å². The number of benzene rings is 1. The van der Waals surface area contributed by atoms with E-state index < -0.39 is 6.10 Å². The monoisotopic (exact) mass is 234 g/mol. The third-order valence-corrected chi connectivity index (χ3v) is 2.45. The summed E-state index contributed by atoms with van der Waals surface area (Å²) >= 11 is 0. The Kier molecular flexibility index (Phi) is 5.31. The van der Waals surface area contributed by atoms with Gasteiger partial charge in [-0.2, -0.15) is 5.26 Å². The van der Waals surface area contributed by atoms with E-state index in [1.807, 2.05) is 25.1 Å². The number of ether oxygens (including phenoxy) is 2. The number of hydrogen-bond acceptors (Lipinski definition) is 4. The van der Waals surface area contributed by atoms with Crippen LogP contribution in [-0.2, 0) is 6.42 Å². The fourth-order valence-corrected chi connectivity index (χ4v) is 1.49. The van der Waals surface area contributed by atoms with Gasteiger partial charge in [0.15, 0.2) is 17.6 Å². The molecule has 1 rings (SSSR count). The number of rotatable bonds is 6. The van der Waals surface area contributed by atoms with Crippen molar-refractivity contribution in [2.75, 3.05) is 13.7 Å². The van der Waals surface area contributed by atoms with Crippen LogP contribution in [0.1, 0.15) is 18.9 Å². The zero-order valence-electron chi connectivity index (χ0n) is 10.3. The molecule has 1 atom stereocenters. The predicted molar refractivity (Wildman–Crippen MR) is 66.1 cm³/mol. The Morgan fingerprint density at radius 3 is 2.71 bits per heavy atom. The van der Waals surface area contributed by atoms with Gasteiger partial charge in [0, 0.05) is 0 Å². The maximum Gasteiger partial charge on any atom is 0.184 e. The molecule has 0 aliphatic carbocycles. The Bertz CT molecular complexity index is 399. The molecule has 92 valence electrons. The molecule has 0 aromatic heterocycles. The van der Waals surface area contributed by atoms with Crippen molar-refractivity contribution in [3.8, 4) is 17.6 Å². The molecule has 0 fully saturated rings. The molecule has 1 aromatic carbocycles. The standard InChI is InChI=1S/C13H18N2O2/c1-3-11(9-15)17-12-5-4-10(6-7-14)8-13(12)16-2/h4-5,8,11H,3,6-7,14H2,1-2H3. The van der Waals surface area contributed by atoms with Crippen LogP contribution < -0.4 is 15.2 Å². The van der Waals surface area contributed by atoms with Gasteiger partial charge in [-0.15, -0.1) is 0 Å². The smallest absolute Gasteiger partial charge is 0.184 e. The number of nitrogens with two attached hydrogens (primary N) is 1. The molecule has 0 aliphatic heterocycles. The van der Waals surface area contributed by atoms with Crippen molar-refractivity contribution in [1.29, 1.82) is 5.26 Å². The van der Waals surface area contributed by atoms with E-state index in [9.17, 15) is 0 Å². The van der Waals surface area contributed by atoms with Crippen molar-refractivity contribution in [3.05, 3.63) is 23.8 Å². The first-order chi connectivity index (χ1) is 8.24. The molecule has 17 heavy (non-hydrogen) atoms. The normalized spacial score (nSPS) is 11.6. The molecule has 0 radical (unpaired) electrons. The van der Waals surface area contributed by atoms with Crippen LogP contribution in [0.2, 0.25) is 0 Å². The Hall–Kier alpha value is -1.73. The van der Waals surface area contributed by atoms with Crippen LogP contribution in [0.15, 0.2) is 18.2 Å². The zero-order chi connectivity index (χ0) is 12.7. The van der Waals surface area contributed by atoms with E-state index in [-0.39, 0.29) is 0 Å². The van der Waals surface area contributed by atoms with Crippen molar-refractivity contribution >= 4 is 0 Å². The summed E-state index contributed by atoms with van der Waals surface area (Å²) in [7, 11) is 1.59. The SMILES string of the molecule is CCC(C#N)Oc1ccc(CCN)cc1OC. The van der Waals surface area contributed by atoms with Crippen LogP contribution >= 0.6 is 0 Å². The highest BCUT2D eigenvalue weighted by Gasteiger charge is 2.11. The summed E-state index contributed by atoms with van der Waals surface area (Å²) in [5.41, 5.74) is 6.60. The third-order valence-electron chi connectivity index (χ3n) is 2.45. The van der Waals surface area contributed by atoms with E-state index >= 15 is 0 Å². The fourth-order valence-electron chi connectivity index (χ4n) is 1.49. The highest BCUT2D eigenvalue weighted by atomic mass is 16.5. The van der Waals surface area contributed by atoms with E-state index in [2.05, 4.69) is 6.07 Å². The van der Waals surface area contributed by atoms with Crippen LogP contribution in [0, 0.1) is 11.3 Å². The third kappa shape index (κ3) is 3.65. The maximum absolute atomic E-state index is 8.86. The molecule has 0 bridgehead atoms. The summed E-state index contributed by atoms with van der Waals surface area (Å²) in [5, 5.41) is 8.86. The molecular weight excluding hydrogens is 216 g/mol. The van der Waals surface area contributed by atoms with Gasteiger partial charge in [0.05, 0.1) is 7.11 Å². The van der Waals surface area contributed by atoms with E-state index in [0.29, 0.717) is 24.5 Å². The Labute approximate surface area is 102 Å². The molecule has 4 heteroatoms. The Morgan fingerprint density at radius 1 is 1.41 bits per heavy atom. The van der Waals surface area contributed by atoms with Gasteiger partial charge in [-0.25, -0.2) is 0 Å². The van der Waals surface area contributed by atoms with Gasteiger partial charge in [0.1, 0.15) is 6.07 Å². The minimum atomic E-state index is -0.441. The minimum Gasteiger partial charge on any atom is -0.493 e. The van der Waals surface area contributed by atoms with Crippen molar-refractivity contribution in [1.82, 2.24) is 0 Å². The van der Waals surface area contributed by atoms with Crippen molar-refractivity contribution in [2.24, 2.45) is 5.73 Å². The van der Waals surface area contributed by atoms with Gasteiger partial charge in [-0.3, -0.25) is 0 Å². The molecule has 0 aliphatic rings. The second-order valence-electron chi connectivity index (χ2n) is 3.67. The minimum absolute atomic E-state index is 0.441. The predicted octanol–water partition coefficient (Wildman–Crippen LogP) is 1.88. The van der Waals surface area contributed by atoms with Crippen molar-refractivity contribution < 1.29 is 9.47 Å². The zero-order valence-corrected chi connectivity index (χ0v) is 10.3. The first kappa shape index (κ1) is 13.3. The van der Waals surface area contributed by atoms with Crippen LogP contribution in [0.4, 0.5) is 0 Å². The highest BCUT2D eigenvalue weighted by Crippen LogP contribution is 2.29. The second-order valence-corrected chi connectivity index (χ2v) is 3.67. The molecule has 4 nitrogen and oxygen atoms in total. The number of nitrogens with zero attached hydrogens (tertiary/aromatic N) is 1. The van der Waals surface area contributed by atoms with Gasteiger partial charge in [0.2, 0.25) is 0 Å².